The molecule has 0 bridgehead atoms. The number of nitrogens with zero attached hydrogens (tertiary/aromatic N) is 2. The van der Waals surface area contributed by atoms with Crippen LogP contribution in [0.4, 0.5) is 0 Å². The molecule has 0 N–H and O–H groups in total. The summed E-state index contributed by atoms with van der Waals surface area (Å²) in [4.78, 5) is 19.2. The fourth-order valence-corrected chi connectivity index (χ4v) is 3.86. The number of amides is 1. The molecule has 27 heavy (non-hydrogen) atoms. The van der Waals surface area contributed by atoms with Crippen LogP contribution in [0.1, 0.15) is 27.0 Å². The Morgan fingerprint density at radius 2 is 1.93 bits per heavy atom. The molecule has 1 heterocycles. The van der Waals surface area contributed by atoms with Crippen molar-refractivity contribution in [1.29, 1.82) is 0 Å². The first-order valence-electron chi connectivity index (χ1n) is 8.32. The van der Waals surface area contributed by atoms with Crippen molar-refractivity contribution in [2.24, 2.45) is 0 Å². The van der Waals surface area contributed by atoms with Crippen LogP contribution in [0, 0.1) is 6.92 Å². The lowest BCUT2D eigenvalue weighted by atomic mass is 10.1. The van der Waals surface area contributed by atoms with Crippen molar-refractivity contribution >= 4 is 45.0 Å². The number of pyridine rings is 1. The van der Waals surface area contributed by atoms with E-state index in [2.05, 4.69) is 20.9 Å². The fraction of sp³-hybridized carbons (Fsp3) is 0.143. The molecule has 0 fully saturated rings. The Labute approximate surface area is 177 Å². The molecule has 0 aliphatic rings. The molecule has 0 radical (unpaired) electrons. The van der Waals surface area contributed by atoms with Crippen LogP contribution in [0.25, 0.3) is 0 Å². The summed E-state index contributed by atoms with van der Waals surface area (Å²) in [5, 5.41) is 1.10. The van der Waals surface area contributed by atoms with Crippen molar-refractivity contribution in [3.63, 3.8) is 0 Å². The Bertz CT molecular complexity index is 964. The summed E-state index contributed by atoms with van der Waals surface area (Å²) in [5.41, 5.74) is 3.47. The molecule has 138 valence electrons. The predicted molar refractivity (Wildman–Crippen MR) is 113 cm³/mol. The molecular formula is C21H17BrCl2N2O. The van der Waals surface area contributed by atoms with Crippen LogP contribution in [0.5, 0.6) is 0 Å². The van der Waals surface area contributed by atoms with E-state index in [0.717, 1.165) is 21.2 Å². The number of carbonyl (C=O) groups is 1. The van der Waals surface area contributed by atoms with Crippen molar-refractivity contribution in [3.05, 3.63) is 97.7 Å². The highest BCUT2D eigenvalue weighted by atomic mass is 79.9. The van der Waals surface area contributed by atoms with Crippen LogP contribution >= 0.6 is 39.1 Å². The lowest BCUT2D eigenvalue weighted by molar-refractivity contribution is 0.0729. The first-order chi connectivity index (χ1) is 12.9. The molecule has 3 nitrogen and oxygen atoms in total. The monoisotopic (exact) mass is 462 g/mol. The number of aromatic nitrogens is 1. The van der Waals surface area contributed by atoms with E-state index >= 15 is 0 Å². The minimum absolute atomic E-state index is 0.0863. The second-order valence-corrected chi connectivity index (χ2v) is 7.94. The molecule has 0 saturated carbocycles. The lowest BCUT2D eigenvalue weighted by Crippen LogP contribution is -2.30. The minimum Gasteiger partial charge on any atom is -0.330 e. The third kappa shape index (κ3) is 5.10. The molecule has 6 heteroatoms. The van der Waals surface area contributed by atoms with E-state index in [9.17, 15) is 4.79 Å². The largest absolute Gasteiger partial charge is 0.330 e. The molecule has 1 aromatic heterocycles. The molecule has 0 saturated heterocycles. The van der Waals surface area contributed by atoms with Crippen LogP contribution in [0.15, 0.2) is 65.4 Å². The third-order valence-electron chi connectivity index (χ3n) is 4.11. The Balaban J connectivity index is 1.94. The van der Waals surface area contributed by atoms with Crippen LogP contribution in [0.3, 0.4) is 0 Å². The summed E-state index contributed by atoms with van der Waals surface area (Å²) in [7, 11) is 0. The van der Waals surface area contributed by atoms with Gasteiger partial charge in [0.05, 0.1) is 5.56 Å². The standard InChI is InChI=1S/C21H17BrCl2N2O/c1-14-4-7-18(19(22)9-14)21(27)26(12-15-3-2-8-25-11-15)13-16-5-6-17(23)10-20(16)24/h2-11H,12-13H2,1H3. The van der Waals surface area contributed by atoms with Gasteiger partial charge in [-0.3, -0.25) is 9.78 Å². The predicted octanol–water partition coefficient (Wildman–Crippen LogP) is 6.30. The van der Waals surface area contributed by atoms with Gasteiger partial charge in [0.15, 0.2) is 0 Å². The van der Waals surface area contributed by atoms with Crippen molar-refractivity contribution in [2.75, 3.05) is 0 Å². The van der Waals surface area contributed by atoms with Crippen LogP contribution in [0.2, 0.25) is 10.0 Å². The van der Waals surface area contributed by atoms with Gasteiger partial charge in [0.2, 0.25) is 0 Å². The first kappa shape index (κ1) is 19.9. The van der Waals surface area contributed by atoms with Gasteiger partial charge in [0, 0.05) is 40.0 Å². The summed E-state index contributed by atoms with van der Waals surface area (Å²) < 4.78 is 0.769. The summed E-state index contributed by atoms with van der Waals surface area (Å²) in [6.07, 6.45) is 3.47. The molecule has 3 aromatic rings. The van der Waals surface area contributed by atoms with Crippen molar-refractivity contribution < 1.29 is 4.79 Å². The molecule has 0 aliphatic heterocycles. The molecular weight excluding hydrogens is 447 g/mol. The number of aryl methyl sites for hydroxylation is 1. The number of hydrogen-bond acceptors (Lipinski definition) is 2. The molecule has 0 aliphatic carbocycles. The Morgan fingerprint density at radius 3 is 2.59 bits per heavy atom. The fourth-order valence-electron chi connectivity index (χ4n) is 2.73. The van der Waals surface area contributed by atoms with Crippen LogP contribution < -0.4 is 0 Å². The highest BCUT2D eigenvalue weighted by Gasteiger charge is 2.20. The number of benzene rings is 2. The third-order valence-corrected chi connectivity index (χ3v) is 5.36. The Hall–Kier alpha value is -1.88. The van der Waals surface area contributed by atoms with Crippen molar-refractivity contribution in [1.82, 2.24) is 9.88 Å². The first-order valence-corrected chi connectivity index (χ1v) is 9.87. The highest BCUT2D eigenvalue weighted by Crippen LogP contribution is 2.26. The quantitative estimate of drug-likeness (QED) is 0.444. The topological polar surface area (TPSA) is 33.2 Å². The molecule has 3 rings (SSSR count). The van der Waals surface area contributed by atoms with Crippen LogP contribution in [-0.4, -0.2) is 15.8 Å². The van der Waals surface area contributed by atoms with E-state index in [1.165, 1.54) is 0 Å². The van der Waals surface area contributed by atoms with E-state index in [4.69, 9.17) is 23.2 Å². The minimum atomic E-state index is -0.0863. The number of hydrogen-bond donors (Lipinski definition) is 0. The summed E-state index contributed by atoms with van der Waals surface area (Å²) >= 11 is 15.8. The maximum atomic E-state index is 13.3. The maximum Gasteiger partial charge on any atom is 0.255 e. The van der Waals surface area contributed by atoms with Gasteiger partial charge < -0.3 is 4.90 Å². The maximum absolute atomic E-state index is 13.3. The zero-order valence-electron chi connectivity index (χ0n) is 14.6. The Morgan fingerprint density at radius 1 is 1.11 bits per heavy atom. The van der Waals surface area contributed by atoms with E-state index in [0.29, 0.717) is 28.7 Å². The summed E-state index contributed by atoms with van der Waals surface area (Å²) in [6, 6.07) is 14.8. The number of carbonyl (C=O) groups excluding carboxylic acids is 1. The van der Waals surface area contributed by atoms with E-state index in [1.807, 2.05) is 43.3 Å². The van der Waals surface area contributed by atoms with Gasteiger partial charge >= 0.3 is 0 Å². The van der Waals surface area contributed by atoms with Gasteiger partial charge in [0.1, 0.15) is 0 Å². The zero-order chi connectivity index (χ0) is 19.4. The molecule has 2 aromatic carbocycles. The van der Waals surface area contributed by atoms with E-state index in [-0.39, 0.29) is 5.91 Å². The van der Waals surface area contributed by atoms with Gasteiger partial charge in [0.25, 0.3) is 5.91 Å². The van der Waals surface area contributed by atoms with E-state index in [1.54, 1.807) is 29.4 Å². The SMILES string of the molecule is Cc1ccc(C(=O)N(Cc2cccnc2)Cc2ccc(Cl)cc2Cl)c(Br)c1. The molecule has 0 atom stereocenters. The molecule has 1 amide bonds. The zero-order valence-corrected chi connectivity index (χ0v) is 17.7. The Kier molecular flexibility index (Phi) is 6.53. The lowest BCUT2D eigenvalue weighted by Gasteiger charge is -2.24. The molecule has 0 unspecified atom stereocenters. The number of rotatable bonds is 5. The van der Waals surface area contributed by atoms with Crippen molar-refractivity contribution in [3.8, 4) is 0 Å². The van der Waals surface area contributed by atoms with Gasteiger partial charge in [-0.2, -0.15) is 0 Å². The number of halogens is 3. The van der Waals surface area contributed by atoms with Gasteiger partial charge in [-0.15, -0.1) is 0 Å². The average molecular weight is 464 g/mol. The molecule has 0 spiro atoms. The van der Waals surface area contributed by atoms with Crippen molar-refractivity contribution in [2.45, 2.75) is 20.0 Å². The summed E-state index contributed by atoms with van der Waals surface area (Å²) in [5.74, 6) is -0.0863. The second kappa shape index (κ2) is 8.87. The van der Waals surface area contributed by atoms with Gasteiger partial charge in [-0.25, -0.2) is 0 Å². The van der Waals surface area contributed by atoms with Crippen LogP contribution in [-0.2, 0) is 13.1 Å². The van der Waals surface area contributed by atoms with Gasteiger partial charge in [-0.1, -0.05) is 41.4 Å². The average Bonchev–Trinajstić information content (AvgIpc) is 2.63. The van der Waals surface area contributed by atoms with Gasteiger partial charge in [-0.05, 0) is 69.9 Å². The normalized spacial score (nSPS) is 10.7. The smallest absolute Gasteiger partial charge is 0.255 e. The highest BCUT2D eigenvalue weighted by molar-refractivity contribution is 9.10. The van der Waals surface area contributed by atoms with E-state index < -0.39 is 0 Å². The summed E-state index contributed by atoms with van der Waals surface area (Å²) in [6.45, 7) is 2.77. The second-order valence-electron chi connectivity index (χ2n) is 6.24.